The number of hydrogen-bond donors (Lipinski definition) is 3. The van der Waals surface area contributed by atoms with Crippen molar-refractivity contribution in [2.45, 2.75) is 32.1 Å². The third kappa shape index (κ3) is 5.51. The topological polar surface area (TPSA) is 105 Å². The van der Waals surface area contributed by atoms with Crippen molar-refractivity contribution in [3.05, 3.63) is 89.0 Å². The summed E-state index contributed by atoms with van der Waals surface area (Å²) in [6, 6.07) is 21.3. The summed E-state index contributed by atoms with van der Waals surface area (Å²) in [5.41, 5.74) is 5.65. The van der Waals surface area contributed by atoms with Crippen LogP contribution in [0.5, 0.6) is 0 Å². The van der Waals surface area contributed by atoms with Gasteiger partial charge in [-0.3, -0.25) is 4.79 Å². The maximum absolute atomic E-state index is 12.2. The van der Waals surface area contributed by atoms with Crippen LogP contribution in [0.4, 0.5) is 10.5 Å². The molecule has 0 heterocycles. The van der Waals surface area contributed by atoms with Gasteiger partial charge < -0.3 is 20.5 Å². The molecule has 0 fully saturated rings. The van der Waals surface area contributed by atoms with Crippen LogP contribution in [0, 0.1) is 6.92 Å². The molecule has 180 valence electrons. The molecule has 0 unspecified atom stereocenters. The van der Waals surface area contributed by atoms with Crippen LogP contribution in [-0.2, 0) is 9.53 Å². The maximum Gasteiger partial charge on any atom is 0.407 e. The van der Waals surface area contributed by atoms with E-state index in [9.17, 15) is 19.5 Å². The van der Waals surface area contributed by atoms with Gasteiger partial charge in [-0.2, -0.15) is 0 Å². The van der Waals surface area contributed by atoms with Crippen LogP contribution in [0.2, 0.25) is 0 Å². The number of carboxylic acids is 1. The van der Waals surface area contributed by atoms with Gasteiger partial charge in [0.15, 0.2) is 0 Å². The number of carbonyl (C=O) groups is 3. The Hall–Kier alpha value is -4.13. The number of benzene rings is 3. The van der Waals surface area contributed by atoms with Crippen LogP contribution in [-0.4, -0.2) is 36.2 Å². The first-order chi connectivity index (χ1) is 17.0. The Labute approximate surface area is 204 Å². The number of carboxylic acid groups (broad SMARTS) is 1. The predicted octanol–water partition coefficient (Wildman–Crippen LogP) is 5.34. The van der Waals surface area contributed by atoms with E-state index >= 15 is 0 Å². The number of alkyl carbamates (subject to hydrolysis) is 1. The van der Waals surface area contributed by atoms with Crippen molar-refractivity contribution in [1.29, 1.82) is 0 Å². The summed E-state index contributed by atoms with van der Waals surface area (Å²) in [7, 11) is 0. The molecule has 0 atom stereocenters. The Balaban J connectivity index is 1.19. The summed E-state index contributed by atoms with van der Waals surface area (Å²) >= 11 is 0. The number of aryl methyl sites for hydroxylation is 1. The lowest BCUT2D eigenvalue weighted by Crippen LogP contribution is -2.27. The minimum Gasteiger partial charge on any atom is -0.478 e. The Bertz CT molecular complexity index is 1210. The van der Waals surface area contributed by atoms with Gasteiger partial charge in [-0.05, 0) is 53.6 Å². The molecule has 0 radical (unpaired) electrons. The highest BCUT2D eigenvalue weighted by molar-refractivity contribution is 6.01. The zero-order valence-electron chi connectivity index (χ0n) is 19.5. The smallest absolute Gasteiger partial charge is 0.407 e. The highest BCUT2D eigenvalue weighted by atomic mass is 16.5. The SMILES string of the molecule is Cc1cccc(NC(=O)CCCCNC(=O)OCC2c3ccccc3-c3ccccc32)c1C(=O)O. The zero-order chi connectivity index (χ0) is 24.8. The normalized spacial score (nSPS) is 11.9. The van der Waals surface area contributed by atoms with Gasteiger partial charge in [-0.25, -0.2) is 9.59 Å². The zero-order valence-corrected chi connectivity index (χ0v) is 19.5. The molecule has 3 aromatic rings. The van der Waals surface area contributed by atoms with E-state index in [4.69, 9.17) is 4.74 Å². The fraction of sp³-hybridized carbons (Fsp3) is 0.250. The van der Waals surface area contributed by atoms with Crippen LogP contribution in [0.25, 0.3) is 11.1 Å². The monoisotopic (exact) mass is 472 g/mol. The first kappa shape index (κ1) is 24.0. The number of aromatic carboxylic acids is 1. The Morgan fingerprint density at radius 3 is 2.20 bits per heavy atom. The van der Waals surface area contributed by atoms with Crippen LogP contribution >= 0.6 is 0 Å². The lowest BCUT2D eigenvalue weighted by Gasteiger charge is -2.14. The molecule has 0 spiro atoms. The summed E-state index contributed by atoms with van der Waals surface area (Å²) in [4.78, 5) is 35.9. The molecule has 4 rings (SSSR count). The van der Waals surface area contributed by atoms with E-state index in [-0.39, 0.29) is 30.4 Å². The van der Waals surface area contributed by atoms with Crippen molar-refractivity contribution < 1.29 is 24.2 Å². The minimum absolute atomic E-state index is 0.00848. The molecule has 35 heavy (non-hydrogen) atoms. The summed E-state index contributed by atoms with van der Waals surface area (Å²) in [6.45, 7) is 2.33. The Kier molecular flexibility index (Phi) is 7.45. The number of nitrogens with one attached hydrogen (secondary N) is 2. The van der Waals surface area contributed by atoms with E-state index in [1.165, 1.54) is 11.1 Å². The molecule has 7 nitrogen and oxygen atoms in total. The number of anilines is 1. The maximum atomic E-state index is 12.2. The average molecular weight is 473 g/mol. The molecule has 7 heteroatoms. The third-order valence-corrected chi connectivity index (χ3v) is 6.20. The fourth-order valence-electron chi connectivity index (χ4n) is 4.52. The summed E-state index contributed by atoms with van der Waals surface area (Å²) in [6.07, 6.45) is 0.877. The van der Waals surface area contributed by atoms with E-state index in [1.807, 2.05) is 24.3 Å². The highest BCUT2D eigenvalue weighted by Crippen LogP contribution is 2.44. The van der Waals surface area contributed by atoms with Gasteiger partial charge >= 0.3 is 12.1 Å². The second-order valence-electron chi connectivity index (χ2n) is 8.56. The van der Waals surface area contributed by atoms with Crippen molar-refractivity contribution in [3.63, 3.8) is 0 Å². The molecule has 0 saturated heterocycles. The van der Waals surface area contributed by atoms with Gasteiger partial charge in [0.25, 0.3) is 0 Å². The molecule has 0 aliphatic heterocycles. The van der Waals surface area contributed by atoms with Gasteiger partial charge in [-0.15, -0.1) is 0 Å². The Morgan fingerprint density at radius 1 is 0.886 bits per heavy atom. The number of unbranched alkanes of at least 4 members (excludes halogenated alkanes) is 1. The largest absolute Gasteiger partial charge is 0.478 e. The number of ether oxygens (including phenoxy) is 1. The molecule has 0 aromatic heterocycles. The van der Waals surface area contributed by atoms with Gasteiger partial charge in [0.05, 0.1) is 11.3 Å². The van der Waals surface area contributed by atoms with Gasteiger partial charge in [0.2, 0.25) is 5.91 Å². The van der Waals surface area contributed by atoms with E-state index in [0.29, 0.717) is 30.6 Å². The lowest BCUT2D eigenvalue weighted by atomic mass is 9.98. The number of amides is 2. The van der Waals surface area contributed by atoms with Crippen molar-refractivity contribution in [3.8, 4) is 11.1 Å². The first-order valence-corrected chi connectivity index (χ1v) is 11.7. The number of rotatable bonds is 9. The molecular formula is C28H28N2O5. The van der Waals surface area contributed by atoms with Gasteiger partial charge in [0, 0.05) is 18.9 Å². The van der Waals surface area contributed by atoms with Crippen molar-refractivity contribution >= 4 is 23.7 Å². The third-order valence-electron chi connectivity index (χ3n) is 6.20. The predicted molar refractivity (Wildman–Crippen MR) is 134 cm³/mol. The molecule has 1 aliphatic rings. The van der Waals surface area contributed by atoms with Gasteiger partial charge in [0.1, 0.15) is 6.61 Å². The molecule has 2 amide bonds. The number of carbonyl (C=O) groups excluding carboxylic acids is 2. The molecule has 0 saturated carbocycles. The lowest BCUT2D eigenvalue weighted by molar-refractivity contribution is -0.116. The van der Waals surface area contributed by atoms with Crippen LogP contribution in [0.3, 0.4) is 0 Å². The van der Waals surface area contributed by atoms with E-state index in [0.717, 1.165) is 11.1 Å². The molecule has 1 aliphatic carbocycles. The van der Waals surface area contributed by atoms with Crippen molar-refractivity contribution in [2.75, 3.05) is 18.5 Å². The van der Waals surface area contributed by atoms with Crippen LogP contribution in [0.15, 0.2) is 66.7 Å². The minimum atomic E-state index is -1.08. The number of hydrogen-bond acceptors (Lipinski definition) is 4. The molecule has 3 N–H and O–H groups in total. The summed E-state index contributed by atoms with van der Waals surface area (Å²) < 4.78 is 5.51. The average Bonchev–Trinajstić information content (AvgIpc) is 3.16. The molecular weight excluding hydrogens is 444 g/mol. The first-order valence-electron chi connectivity index (χ1n) is 11.7. The summed E-state index contributed by atoms with van der Waals surface area (Å²) in [5.74, 6) is -1.33. The van der Waals surface area contributed by atoms with Crippen LogP contribution < -0.4 is 10.6 Å². The van der Waals surface area contributed by atoms with Gasteiger partial charge in [-0.1, -0.05) is 60.7 Å². The van der Waals surface area contributed by atoms with Crippen LogP contribution in [0.1, 0.15) is 52.2 Å². The standard InChI is InChI=1S/C28H28N2O5/c1-18-9-8-14-24(26(18)27(32)33)30-25(31)15-6-7-16-29-28(34)35-17-23-21-12-4-2-10-19(21)20-11-3-5-13-22(20)23/h2-5,8-14,23H,6-7,15-17H2,1H3,(H,29,34)(H,30,31)(H,32,33). The Morgan fingerprint density at radius 2 is 1.54 bits per heavy atom. The fourth-order valence-corrected chi connectivity index (χ4v) is 4.52. The highest BCUT2D eigenvalue weighted by Gasteiger charge is 2.28. The summed E-state index contributed by atoms with van der Waals surface area (Å²) in [5, 5.41) is 14.8. The van der Waals surface area contributed by atoms with Crippen molar-refractivity contribution in [1.82, 2.24) is 5.32 Å². The number of fused-ring (bicyclic) bond motifs is 3. The van der Waals surface area contributed by atoms with Crippen molar-refractivity contribution in [2.24, 2.45) is 0 Å². The second kappa shape index (κ2) is 10.9. The van der Waals surface area contributed by atoms with E-state index in [1.54, 1.807) is 25.1 Å². The van der Waals surface area contributed by atoms with E-state index < -0.39 is 12.1 Å². The van der Waals surface area contributed by atoms with E-state index in [2.05, 4.69) is 34.9 Å². The quantitative estimate of drug-likeness (QED) is 0.365. The molecule has 0 bridgehead atoms. The second-order valence-corrected chi connectivity index (χ2v) is 8.56. The molecule has 3 aromatic carbocycles.